The molecular formula is C6H14O3. The number of methoxy groups -OCH3 is 1. The highest BCUT2D eigenvalue weighted by Gasteiger charge is 2.29. The van der Waals surface area contributed by atoms with Crippen molar-refractivity contribution < 1.29 is 14.9 Å². The largest absolute Gasteiger partial charge is 0.388 e. The molecule has 3 heteroatoms. The average Bonchev–Trinajstić information content (AvgIpc) is 1.86. The second-order valence-corrected chi connectivity index (χ2v) is 2.08. The fraction of sp³-hybridized carbons (Fsp3) is 1.00. The van der Waals surface area contributed by atoms with Crippen LogP contribution >= 0.6 is 0 Å². The van der Waals surface area contributed by atoms with Crippen LogP contribution < -0.4 is 0 Å². The Morgan fingerprint density at radius 3 is 2.11 bits per heavy atom. The van der Waals surface area contributed by atoms with Crippen LogP contribution in [0.1, 0.15) is 20.3 Å². The van der Waals surface area contributed by atoms with E-state index in [0.29, 0.717) is 6.42 Å². The Bertz CT molecular complexity index is 76.4. The van der Waals surface area contributed by atoms with Gasteiger partial charge in [0.2, 0.25) is 0 Å². The third-order valence-electron chi connectivity index (χ3n) is 1.51. The van der Waals surface area contributed by atoms with Gasteiger partial charge in [-0.25, -0.2) is 0 Å². The van der Waals surface area contributed by atoms with Gasteiger partial charge in [-0.1, -0.05) is 6.92 Å². The van der Waals surface area contributed by atoms with Crippen LogP contribution in [-0.4, -0.2) is 29.2 Å². The zero-order valence-electron chi connectivity index (χ0n) is 6.09. The molecule has 2 atom stereocenters. The van der Waals surface area contributed by atoms with Crippen LogP contribution in [0, 0.1) is 0 Å². The summed E-state index contributed by atoms with van der Waals surface area (Å²) in [6.45, 7) is 3.24. The zero-order chi connectivity index (χ0) is 7.49. The van der Waals surface area contributed by atoms with Gasteiger partial charge in [0, 0.05) is 13.5 Å². The number of aliphatic hydroxyl groups is 2. The van der Waals surface area contributed by atoms with E-state index in [1.54, 1.807) is 6.92 Å². The Kier molecular flexibility index (Phi) is 3.11. The smallest absolute Gasteiger partial charge is 0.191 e. The van der Waals surface area contributed by atoms with Gasteiger partial charge < -0.3 is 14.9 Å². The van der Waals surface area contributed by atoms with Crippen molar-refractivity contribution in [2.45, 2.75) is 32.2 Å². The monoisotopic (exact) mass is 134 g/mol. The summed E-state index contributed by atoms with van der Waals surface area (Å²) < 4.78 is 4.65. The van der Waals surface area contributed by atoms with Gasteiger partial charge in [0.1, 0.15) is 6.10 Å². The topological polar surface area (TPSA) is 49.7 Å². The molecule has 56 valence electrons. The predicted octanol–water partition coefficient (Wildman–Crippen LogP) is 0.112. The molecule has 0 aromatic carbocycles. The highest BCUT2D eigenvalue weighted by molar-refractivity contribution is 4.70. The van der Waals surface area contributed by atoms with Crippen LogP contribution in [-0.2, 0) is 4.74 Å². The summed E-state index contributed by atoms with van der Waals surface area (Å²) in [6.07, 6.45) is -0.450. The van der Waals surface area contributed by atoms with Crippen molar-refractivity contribution in [3.05, 3.63) is 0 Å². The van der Waals surface area contributed by atoms with Crippen LogP contribution in [0.3, 0.4) is 0 Å². The maximum Gasteiger partial charge on any atom is 0.191 e. The lowest BCUT2D eigenvalue weighted by atomic mass is 10.1. The summed E-state index contributed by atoms with van der Waals surface area (Å²) >= 11 is 0. The van der Waals surface area contributed by atoms with E-state index in [-0.39, 0.29) is 0 Å². The maximum absolute atomic E-state index is 9.23. The van der Waals surface area contributed by atoms with Crippen LogP contribution in [0.5, 0.6) is 0 Å². The van der Waals surface area contributed by atoms with E-state index in [1.165, 1.54) is 14.0 Å². The van der Waals surface area contributed by atoms with Crippen molar-refractivity contribution in [3.8, 4) is 0 Å². The van der Waals surface area contributed by atoms with E-state index in [4.69, 9.17) is 5.11 Å². The van der Waals surface area contributed by atoms with Gasteiger partial charge in [-0.3, -0.25) is 0 Å². The van der Waals surface area contributed by atoms with Crippen molar-refractivity contribution >= 4 is 0 Å². The van der Waals surface area contributed by atoms with Crippen molar-refractivity contribution in [1.82, 2.24) is 0 Å². The van der Waals surface area contributed by atoms with E-state index in [1.807, 2.05) is 0 Å². The molecule has 0 aromatic rings. The fourth-order valence-corrected chi connectivity index (χ4v) is 0.610. The summed E-state index contributed by atoms with van der Waals surface area (Å²) in [5, 5.41) is 18.1. The van der Waals surface area contributed by atoms with Gasteiger partial charge >= 0.3 is 0 Å². The Morgan fingerprint density at radius 1 is 1.67 bits per heavy atom. The molecule has 0 saturated carbocycles. The normalized spacial score (nSPS) is 21.0. The highest BCUT2D eigenvalue weighted by atomic mass is 16.6. The summed E-state index contributed by atoms with van der Waals surface area (Å²) in [6, 6.07) is 0. The predicted molar refractivity (Wildman–Crippen MR) is 33.9 cm³/mol. The second-order valence-electron chi connectivity index (χ2n) is 2.08. The van der Waals surface area contributed by atoms with E-state index in [9.17, 15) is 5.11 Å². The van der Waals surface area contributed by atoms with Crippen molar-refractivity contribution in [2.24, 2.45) is 0 Å². The fourth-order valence-electron chi connectivity index (χ4n) is 0.610. The first kappa shape index (κ1) is 8.88. The third kappa shape index (κ3) is 1.93. The van der Waals surface area contributed by atoms with Crippen LogP contribution in [0.4, 0.5) is 0 Å². The lowest BCUT2D eigenvalue weighted by molar-refractivity contribution is -0.239. The number of hydrogen-bond donors (Lipinski definition) is 2. The summed E-state index contributed by atoms with van der Waals surface area (Å²) in [5.41, 5.74) is 0. The van der Waals surface area contributed by atoms with Gasteiger partial charge in [0.25, 0.3) is 0 Å². The first-order chi connectivity index (χ1) is 4.06. The van der Waals surface area contributed by atoms with Crippen molar-refractivity contribution in [3.63, 3.8) is 0 Å². The highest BCUT2D eigenvalue weighted by Crippen LogP contribution is 2.14. The molecule has 3 nitrogen and oxygen atoms in total. The molecular weight excluding hydrogens is 120 g/mol. The van der Waals surface area contributed by atoms with Crippen molar-refractivity contribution in [2.75, 3.05) is 7.11 Å². The number of aliphatic hydroxyl groups excluding tert-OH is 1. The molecule has 9 heavy (non-hydrogen) atoms. The Balaban J connectivity index is 3.92. The van der Waals surface area contributed by atoms with Gasteiger partial charge in [-0.05, 0) is 6.92 Å². The molecule has 0 aromatic heterocycles. The zero-order valence-corrected chi connectivity index (χ0v) is 6.09. The van der Waals surface area contributed by atoms with Crippen LogP contribution in [0.15, 0.2) is 0 Å². The number of hydrogen-bond acceptors (Lipinski definition) is 3. The second kappa shape index (κ2) is 3.15. The Labute approximate surface area is 55.3 Å². The molecule has 0 aliphatic heterocycles. The molecule has 0 aliphatic carbocycles. The van der Waals surface area contributed by atoms with Gasteiger partial charge in [0.05, 0.1) is 0 Å². The van der Waals surface area contributed by atoms with Crippen LogP contribution in [0.25, 0.3) is 0 Å². The van der Waals surface area contributed by atoms with Crippen LogP contribution in [0.2, 0.25) is 0 Å². The molecule has 0 spiro atoms. The maximum atomic E-state index is 9.23. The number of rotatable bonds is 3. The van der Waals surface area contributed by atoms with Gasteiger partial charge in [-0.2, -0.15) is 0 Å². The van der Waals surface area contributed by atoms with E-state index >= 15 is 0 Å². The third-order valence-corrected chi connectivity index (χ3v) is 1.51. The minimum atomic E-state index is -1.36. The van der Waals surface area contributed by atoms with Gasteiger partial charge in [0.15, 0.2) is 5.79 Å². The first-order valence-electron chi connectivity index (χ1n) is 3.02. The molecule has 0 heterocycles. The average molecular weight is 134 g/mol. The molecule has 2 unspecified atom stereocenters. The quantitative estimate of drug-likeness (QED) is 0.539. The van der Waals surface area contributed by atoms with E-state index < -0.39 is 11.9 Å². The molecule has 0 aliphatic rings. The summed E-state index contributed by atoms with van der Waals surface area (Å²) in [5.74, 6) is -1.36. The lowest BCUT2D eigenvalue weighted by Crippen LogP contribution is -2.41. The summed E-state index contributed by atoms with van der Waals surface area (Å²) in [4.78, 5) is 0. The first-order valence-corrected chi connectivity index (χ1v) is 3.02. The standard InChI is InChI=1S/C6H14O3/c1-4-6(8,9-3)5(2)7/h5,7-8H,4H2,1-3H3. The minimum Gasteiger partial charge on any atom is -0.388 e. The molecule has 0 amide bonds. The summed E-state index contributed by atoms with van der Waals surface area (Å²) in [7, 11) is 1.37. The Hall–Kier alpha value is -0.120. The van der Waals surface area contributed by atoms with Crippen molar-refractivity contribution in [1.29, 1.82) is 0 Å². The molecule has 0 bridgehead atoms. The van der Waals surface area contributed by atoms with E-state index in [0.717, 1.165) is 0 Å². The SMILES string of the molecule is CCC(O)(OC)C(C)O. The molecule has 0 saturated heterocycles. The van der Waals surface area contributed by atoms with E-state index in [2.05, 4.69) is 4.74 Å². The molecule has 2 N–H and O–H groups in total. The lowest BCUT2D eigenvalue weighted by Gasteiger charge is -2.27. The molecule has 0 rings (SSSR count). The Morgan fingerprint density at radius 2 is 2.11 bits per heavy atom. The van der Waals surface area contributed by atoms with Gasteiger partial charge in [-0.15, -0.1) is 0 Å². The number of ether oxygens (including phenoxy) is 1. The molecule has 0 radical (unpaired) electrons. The molecule has 0 fully saturated rings. The minimum absolute atomic E-state index is 0.390.